The van der Waals surface area contributed by atoms with Crippen molar-refractivity contribution in [3.8, 4) is 0 Å². The van der Waals surface area contributed by atoms with Crippen molar-refractivity contribution in [2.24, 2.45) is 17.0 Å². The molecule has 1 N–H and O–H groups in total. The van der Waals surface area contributed by atoms with Gasteiger partial charge in [-0.15, -0.1) is 0 Å². The SMILES string of the molecule is [N-]=[N+]=NCC(=O)N1CC[C@H](O)[C@@H](CC2CC2)C1. The monoisotopic (exact) mass is 238 g/mol. The van der Waals surface area contributed by atoms with Crippen LogP contribution in [0, 0.1) is 11.8 Å². The zero-order chi connectivity index (χ0) is 12.3. The van der Waals surface area contributed by atoms with Crippen LogP contribution in [0.2, 0.25) is 0 Å². The van der Waals surface area contributed by atoms with Gasteiger partial charge in [0.15, 0.2) is 0 Å². The predicted molar refractivity (Wildman–Crippen MR) is 62.0 cm³/mol. The van der Waals surface area contributed by atoms with E-state index in [0.29, 0.717) is 19.5 Å². The molecule has 17 heavy (non-hydrogen) atoms. The van der Waals surface area contributed by atoms with Crippen molar-refractivity contribution >= 4 is 5.91 Å². The Morgan fingerprint density at radius 1 is 1.47 bits per heavy atom. The van der Waals surface area contributed by atoms with Crippen molar-refractivity contribution in [3.05, 3.63) is 10.4 Å². The van der Waals surface area contributed by atoms with Crippen LogP contribution in [0.1, 0.15) is 25.7 Å². The number of amides is 1. The summed E-state index contributed by atoms with van der Waals surface area (Å²) in [6.07, 6.45) is 3.90. The lowest BCUT2D eigenvalue weighted by Gasteiger charge is -2.36. The molecule has 0 unspecified atom stereocenters. The molecule has 0 bridgehead atoms. The lowest BCUT2D eigenvalue weighted by atomic mass is 9.90. The molecule has 1 amide bonds. The molecular weight excluding hydrogens is 220 g/mol. The van der Waals surface area contributed by atoms with Crippen molar-refractivity contribution in [2.45, 2.75) is 31.8 Å². The van der Waals surface area contributed by atoms with E-state index in [1.54, 1.807) is 4.90 Å². The highest BCUT2D eigenvalue weighted by Crippen LogP contribution is 2.37. The van der Waals surface area contributed by atoms with E-state index in [-0.39, 0.29) is 24.5 Å². The van der Waals surface area contributed by atoms with Crippen LogP contribution in [0.25, 0.3) is 10.4 Å². The lowest BCUT2D eigenvalue weighted by molar-refractivity contribution is -0.133. The summed E-state index contributed by atoms with van der Waals surface area (Å²) in [7, 11) is 0. The maximum absolute atomic E-state index is 11.7. The van der Waals surface area contributed by atoms with E-state index in [0.717, 1.165) is 12.3 Å². The Hall–Kier alpha value is -1.26. The first kappa shape index (κ1) is 12.2. The van der Waals surface area contributed by atoms with Crippen LogP contribution in [-0.2, 0) is 4.79 Å². The minimum absolute atomic E-state index is 0.108. The van der Waals surface area contributed by atoms with Crippen LogP contribution in [0.3, 0.4) is 0 Å². The number of aliphatic hydroxyl groups excluding tert-OH is 1. The maximum atomic E-state index is 11.7. The molecule has 2 atom stereocenters. The number of hydrogen-bond donors (Lipinski definition) is 1. The standard InChI is InChI=1S/C11H18N4O2/c12-14-13-6-11(17)15-4-3-10(16)9(7-15)5-8-1-2-8/h8-10,16H,1-7H2/t9-,10-/m0/s1. The highest BCUT2D eigenvalue weighted by Gasteiger charge is 2.34. The topological polar surface area (TPSA) is 89.3 Å². The van der Waals surface area contributed by atoms with E-state index in [1.165, 1.54) is 12.8 Å². The molecule has 1 aliphatic heterocycles. The number of hydrogen-bond acceptors (Lipinski definition) is 3. The number of carbonyl (C=O) groups excluding carboxylic acids is 1. The summed E-state index contributed by atoms with van der Waals surface area (Å²) in [4.78, 5) is 16.0. The number of azide groups is 1. The fraction of sp³-hybridized carbons (Fsp3) is 0.909. The van der Waals surface area contributed by atoms with Crippen molar-refractivity contribution in [3.63, 3.8) is 0 Å². The van der Waals surface area contributed by atoms with E-state index in [4.69, 9.17) is 5.53 Å². The number of nitrogens with zero attached hydrogens (tertiary/aromatic N) is 4. The van der Waals surface area contributed by atoms with Gasteiger partial charge in [-0.1, -0.05) is 18.0 Å². The summed E-state index contributed by atoms with van der Waals surface area (Å²) in [6, 6.07) is 0. The van der Waals surface area contributed by atoms with Gasteiger partial charge in [0.1, 0.15) is 6.54 Å². The molecule has 0 aromatic heterocycles. The summed E-state index contributed by atoms with van der Waals surface area (Å²) in [6.45, 7) is 1.07. The van der Waals surface area contributed by atoms with E-state index in [2.05, 4.69) is 10.0 Å². The minimum Gasteiger partial charge on any atom is -0.393 e. The average Bonchev–Trinajstić information content (AvgIpc) is 3.13. The lowest BCUT2D eigenvalue weighted by Crippen LogP contribution is -2.46. The Kier molecular flexibility index (Phi) is 3.86. The van der Waals surface area contributed by atoms with Crippen molar-refractivity contribution in [1.82, 2.24) is 4.90 Å². The highest BCUT2D eigenvalue weighted by atomic mass is 16.3. The Bertz CT molecular complexity index is 336. The molecule has 6 nitrogen and oxygen atoms in total. The fourth-order valence-corrected chi connectivity index (χ4v) is 2.45. The van der Waals surface area contributed by atoms with Gasteiger partial charge < -0.3 is 10.0 Å². The third-order valence-corrected chi connectivity index (χ3v) is 3.65. The fourth-order valence-electron chi connectivity index (χ4n) is 2.45. The molecule has 1 heterocycles. The molecule has 2 fully saturated rings. The number of aliphatic hydroxyl groups is 1. The van der Waals surface area contributed by atoms with E-state index in [9.17, 15) is 9.90 Å². The third-order valence-electron chi connectivity index (χ3n) is 3.65. The van der Waals surface area contributed by atoms with Gasteiger partial charge in [0, 0.05) is 23.9 Å². The normalized spacial score (nSPS) is 28.6. The second kappa shape index (κ2) is 5.38. The summed E-state index contributed by atoms with van der Waals surface area (Å²) < 4.78 is 0. The summed E-state index contributed by atoms with van der Waals surface area (Å²) >= 11 is 0. The second-order valence-electron chi connectivity index (χ2n) is 5.02. The van der Waals surface area contributed by atoms with Crippen molar-refractivity contribution < 1.29 is 9.90 Å². The van der Waals surface area contributed by atoms with E-state index < -0.39 is 0 Å². The quantitative estimate of drug-likeness (QED) is 0.454. The summed E-state index contributed by atoms with van der Waals surface area (Å²) in [5.74, 6) is 0.823. The predicted octanol–water partition coefficient (Wildman–Crippen LogP) is 1.31. The van der Waals surface area contributed by atoms with Crippen LogP contribution < -0.4 is 0 Å². The largest absolute Gasteiger partial charge is 0.393 e. The van der Waals surface area contributed by atoms with Crippen molar-refractivity contribution in [2.75, 3.05) is 19.6 Å². The van der Waals surface area contributed by atoms with E-state index in [1.807, 2.05) is 0 Å². The van der Waals surface area contributed by atoms with Crippen LogP contribution in [-0.4, -0.2) is 41.7 Å². The Morgan fingerprint density at radius 3 is 2.88 bits per heavy atom. The minimum atomic E-state index is -0.279. The van der Waals surface area contributed by atoms with Gasteiger partial charge >= 0.3 is 0 Å². The number of carbonyl (C=O) groups is 1. The Balaban J connectivity index is 1.86. The summed E-state index contributed by atoms with van der Waals surface area (Å²) in [5.41, 5.74) is 8.18. The Labute approximate surface area is 100 Å². The molecule has 2 rings (SSSR count). The second-order valence-corrected chi connectivity index (χ2v) is 5.02. The zero-order valence-corrected chi connectivity index (χ0v) is 9.83. The van der Waals surface area contributed by atoms with Crippen LogP contribution >= 0.6 is 0 Å². The Morgan fingerprint density at radius 2 is 2.24 bits per heavy atom. The van der Waals surface area contributed by atoms with Crippen LogP contribution in [0.4, 0.5) is 0 Å². The van der Waals surface area contributed by atoms with Crippen LogP contribution in [0.15, 0.2) is 5.11 Å². The smallest absolute Gasteiger partial charge is 0.228 e. The molecule has 0 radical (unpaired) electrons. The molecule has 6 heteroatoms. The molecule has 1 aliphatic carbocycles. The molecule has 1 saturated heterocycles. The zero-order valence-electron chi connectivity index (χ0n) is 9.83. The van der Waals surface area contributed by atoms with Gasteiger partial charge in [-0.25, -0.2) is 0 Å². The van der Waals surface area contributed by atoms with Gasteiger partial charge in [-0.05, 0) is 24.3 Å². The maximum Gasteiger partial charge on any atom is 0.228 e. The van der Waals surface area contributed by atoms with E-state index >= 15 is 0 Å². The molecule has 0 aromatic rings. The van der Waals surface area contributed by atoms with Gasteiger partial charge in [0.25, 0.3) is 0 Å². The molecule has 0 aromatic carbocycles. The van der Waals surface area contributed by atoms with Gasteiger partial charge in [-0.2, -0.15) is 0 Å². The van der Waals surface area contributed by atoms with Crippen molar-refractivity contribution in [1.29, 1.82) is 0 Å². The molecule has 2 aliphatic rings. The third kappa shape index (κ3) is 3.35. The first-order valence-electron chi connectivity index (χ1n) is 6.17. The summed E-state index contributed by atoms with van der Waals surface area (Å²) in [5, 5.41) is 13.2. The first-order chi connectivity index (χ1) is 8.20. The van der Waals surface area contributed by atoms with Crippen LogP contribution in [0.5, 0.6) is 0 Å². The average molecular weight is 238 g/mol. The number of rotatable bonds is 4. The molecule has 94 valence electrons. The highest BCUT2D eigenvalue weighted by molar-refractivity contribution is 5.78. The number of likely N-dealkylation sites (tertiary alicyclic amines) is 1. The number of piperidine rings is 1. The van der Waals surface area contributed by atoms with Gasteiger partial charge in [0.2, 0.25) is 5.91 Å². The first-order valence-corrected chi connectivity index (χ1v) is 6.17. The van der Waals surface area contributed by atoms with Gasteiger partial charge in [-0.3, -0.25) is 4.79 Å². The molecule has 0 spiro atoms. The molecular formula is C11H18N4O2. The van der Waals surface area contributed by atoms with Gasteiger partial charge in [0.05, 0.1) is 6.10 Å². The molecule has 1 saturated carbocycles.